The lowest BCUT2D eigenvalue weighted by atomic mass is 10.1. The van der Waals surface area contributed by atoms with E-state index in [0.717, 1.165) is 51.6 Å². The van der Waals surface area contributed by atoms with Crippen molar-refractivity contribution in [2.24, 2.45) is 0 Å². The molecule has 0 amide bonds. The number of nitrogens with one attached hydrogen (secondary N) is 2. The fourth-order valence-electron chi connectivity index (χ4n) is 4.52. The van der Waals surface area contributed by atoms with Gasteiger partial charge in [0.2, 0.25) is 0 Å². The van der Waals surface area contributed by atoms with Gasteiger partial charge in [0.1, 0.15) is 23.3 Å². The van der Waals surface area contributed by atoms with Crippen LogP contribution in [-0.2, 0) is 0 Å². The second-order valence-corrected chi connectivity index (χ2v) is 11.8. The number of rotatable bonds is 10. The number of nitrogens with zero attached hydrogens (tertiary/aromatic N) is 2. The number of halogens is 4. The number of hydrogen-bond donors (Lipinski definition) is 2. The highest BCUT2D eigenvalue weighted by Gasteiger charge is 2.17. The summed E-state index contributed by atoms with van der Waals surface area (Å²) in [6.07, 6.45) is 0.840. The summed E-state index contributed by atoms with van der Waals surface area (Å²) >= 11 is 3.12. The van der Waals surface area contributed by atoms with Gasteiger partial charge in [-0.25, -0.2) is 27.5 Å². The molecule has 0 bridgehead atoms. The van der Waals surface area contributed by atoms with Gasteiger partial charge in [0, 0.05) is 33.8 Å². The second kappa shape index (κ2) is 12.9. The van der Waals surface area contributed by atoms with E-state index in [1.807, 2.05) is 0 Å². The van der Waals surface area contributed by atoms with Crippen LogP contribution in [0.2, 0.25) is 0 Å². The zero-order valence-corrected chi connectivity index (χ0v) is 24.2. The maximum Gasteiger partial charge on any atom is 0.166 e. The molecule has 0 spiro atoms. The molecule has 43 heavy (non-hydrogen) atoms. The highest BCUT2D eigenvalue weighted by molar-refractivity contribution is 8.00. The zero-order chi connectivity index (χ0) is 29.8. The first-order valence-corrected chi connectivity index (χ1v) is 15.4. The number of aromatic amines is 2. The van der Waals surface area contributed by atoms with Gasteiger partial charge in [0.25, 0.3) is 0 Å². The molecule has 0 aliphatic carbocycles. The minimum atomic E-state index is -0.333. The van der Waals surface area contributed by atoms with E-state index in [1.54, 1.807) is 72.1 Å². The maximum atomic E-state index is 13.6. The van der Waals surface area contributed by atoms with E-state index in [1.165, 1.54) is 48.5 Å². The Hall–Kier alpha value is -4.28. The van der Waals surface area contributed by atoms with Crippen LogP contribution in [-0.4, -0.2) is 31.4 Å². The van der Waals surface area contributed by atoms with Gasteiger partial charge in [-0.2, -0.15) is 0 Å². The van der Waals surface area contributed by atoms with Crippen molar-refractivity contribution in [1.29, 1.82) is 0 Å². The lowest BCUT2D eigenvalue weighted by molar-refractivity contribution is 0.627. The molecule has 0 atom stereocenters. The molecule has 10 heteroatoms. The van der Waals surface area contributed by atoms with Crippen LogP contribution in [0.1, 0.15) is 6.42 Å². The molecule has 0 aliphatic heterocycles. The van der Waals surface area contributed by atoms with Crippen molar-refractivity contribution < 1.29 is 17.6 Å². The molecule has 0 radical (unpaired) electrons. The Morgan fingerprint density at radius 1 is 0.442 bits per heavy atom. The number of aromatic nitrogens is 4. The van der Waals surface area contributed by atoms with Crippen molar-refractivity contribution >= 4 is 23.5 Å². The Balaban J connectivity index is 1.14. The predicted molar refractivity (Wildman–Crippen MR) is 165 cm³/mol. The van der Waals surface area contributed by atoms with E-state index in [-0.39, 0.29) is 23.3 Å². The summed E-state index contributed by atoms with van der Waals surface area (Å²) in [6, 6.07) is 24.6. The normalized spacial score (nSPS) is 11.3. The molecule has 2 aromatic heterocycles. The summed E-state index contributed by atoms with van der Waals surface area (Å²) < 4.78 is 54.2. The summed E-state index contributed by atoms with van der Waals surface area (Å²) in [4.78, 5) is 16.2. The average Bonchev–Trinajstić information content (AvgIpc) is 3.64. The van der Waals surface area contributed by atoms with Gasteiger partial charge in [-0.05, 0) is 103 Å². The molecule has 6 aromatic rings. The van der Waals surface area contributed by atoms with Gasteiger partial charge in [-0.1, -0.05) is 23.5 Å². The first kappa shape index (κ1) is 28.8. The van der Waals surface area contributed by atoms with Gasteiger partial charge < -0.3 is 9.97 Å². The first-order chi connectivity index (χ1) is 20.9. The number of imidazole rings is 2. The molecular weight excluding hydrogens is 593 g/mol. The predicted octanol–water partition coefficient (Wildman–Crippen LogP) is 9.63. The van der Waals surface area contributed by atoms with Crippen LogP contribution in [0.25, 0.3) is 45.0 Å². The molecule has 4 nitrogen and oxygen atoms in total. The minimum absolute atomic E-state index is 0.329. The smallest absolute Gasteiger partial charge is 0.166 e. The average molecular weight is 617 g/mol. The Labute approximate surface area is 254 Å². The maximum absolute atomic E-state index is 13.6. The van der Waals surface area contributed by atoms with Gasteiger partial charge in [0.15, 0.2) is 10.3 Å². The fraction of sp³-hybridized carbons (Fsp3) is 0.0909. The number of hydrogen-bond acceptors (Lipinski definition) is 4. The molecular formula is C33H24F4N4S2. The van der Waals surface area contributed by atoms with Crippen molar-refractivity contribution in [3.63, 3.8) is 0 Å². The third-order valence-corrected chi connectivity index (χ3v) is 8.55. The van der Waals surface area contributed by atoms with E-state index in [0.29, 0.717) is 21.7 Å². The highest BCUT2D eigenvalue weighted by Crippen LogP contribution is 2.35. The SMILES string of the molecule is Fc1ccc(-c2nc(SCCCSc3nc(-c4ccc(F)cc4)c(-c4ccc(F)cc4)[nH]3)[nH]c2-c2ccc(F)cc2)cc1. The topological polar surface area (TPSA) is 57.4 Å². The Kier molecular flexibility index (Phi) is 8.67. The molecule has 0 aliphatic rings. The van der Waals surface area contributed by atoms with Crippen molar-refractivity contribution in [2.75, 3.05) is 11.5 Å². The van der Waals surface area contributed by atoms with E-state index < -0.39 is 0 Å². The lowest BCUT2D eigenvalue weighted by Gasteiger charge is -2.03. The largest absolute Gasteiger partial charge is 0.332 e. The molecule has 2 N–H and O–H groups in total. The third-order valence-electron chi connectivity index (χ3n) is 6.63. The van der Waals surface area contributed by atoms with E-state index in [2.05, 4.69) is 9.97 Å². The second-order valence-electron chi connectivity index (χ2n) is 9.61. The van der Waals surface area contributed by atoms with E-state index >= 15 is 0 Å². The van der Waals surface area contributed by atoms with Crippen LogP contribution in [0.5, 0.6) is 0 Å². The van der Waals surface area contributed by atoms with Crippen LogP contribution in [0.15, 0.2) is 107 Å². The summed E-state index contributed by atoms with van der Waals surface area (Å²) in [5.74, 6) is 0.210. The summed E-state index contributed by atoms with van der Waals surface area (Å²) in [5.41, 5.74) is 5.88. The Morgan fingerprint density at radius 2 is 0.744 bits per heavy atom. The van der Waals surface area contributed by atoms with Gasteiger partial charge >= 0.3 is 0 Å². The molecule has 0 unspecified atom stereocenters. The van der Waals surface area contributed by atoms with Crippen LogP contribution >= 0.6 is 23.5 Å². The molecule has 6 rings (SSSR count). The van der Waals surface area contributed by atoms with Crippen LogP contribution in [0.3, 0.4) is 0 Å². The Bertz CT molecular complexity index is 1550. The van der Waals surface area contributed by atoms with Crippen molar-refractivity contribution in [3.05, 3.63) is 120 Å². The molecule has 0 saturated heterocycles. The van der Waals surface area contributed by atoms with Crippen LogP contribution in [0, 0.1) is 23.3 Å². The minimum Gasteiger partial charge on any atom is -0.332 e. The highest BCUT2D eigenvalue weighted by atomic mass is 32.2. The molecule has 0 saturated carbocycles. The standard InChI is InChI=1S/C33H24F4N4S2/c34-24-10-2-20(3-11-24)28-29(21-4-12-25(35)13-5-21)39-32(38-28)42-18-1-19-43-33-40-30(22-6-14-26(36)15-7-22)31(41-33)23-8-16-27(37)17-9-23/h2-17H,1,18-19H2,(H,38,39)(H,40,41). The summed E-state index contributed by atoms with van der Waals surface area (Å²) in [7, 11) is 0. The third kappa shape index (κ3) is 6.87. The number of H-pyrrole nitrogens is 2. The molecule has 0 fully saturated rings. The Morgan fingerprint density at radius 3 is 1.07 bits per heavy atom. The zero-order valence-electron chi connectivity index (χ0n) is 22.6. The van der Waals surface area contributed by atoms with E-state index in [4.69, 9.17) is 9.97 Å². The molecule has 216 valence electrons. The number of benzene rings is 4. The molecule has 4 aromatic carbocycles. The fourth-order valence-corrected chi connectivity index (χ4v) is 6.33. The van der Waals surface area contributed by atoms with Gasteiger partial charge in [-0.15, -0.1) is 0 Å². The van der Waals surface area contributed by atoms with Crippen LogP contribution in [0.4, 0.5) is 17.6 Å². The number of thioether (sulfide) groups is 2. The molecule has 2 heterocycles. The van der Waals surface area contributed by atoms with Crippen molar-refractivity contribution in [1.82, 2.24) is 19.9 Å². The van der Waals surface area contributed by atoms with E-state index in [9.17, 15) is 17.6 Å². The lowest BCUT2D eigenvalue weighted by Crippen LogP contribution is -1.87. The van der Waals surface area contributed by atoms with Crippen molar-refractivity contribution in [3.8, 4) is 45.0 Å². The summed E-state index contributed by atoms with van der Waals surface area (Å²) in [6.45, 7) is 0. The monoisotopic (exact) mass is 616 g/mol. The van der Waals surface area contributed by atoms with Crippen LogP contribution < -0.4 is 0 Å². The summed E-state index contributed by atoms with van der Waals surface area (Å²) in [5, 5.41) is 1.41. The van der Waals surface area contributed by atoms with Crippen molar-refractivity contribution in [2.45, 2.75) is 16.7 Å². The first-order valence-electron chi connectivity index (χ1n) is 13.4. The van der Waals surface area contributed by atoms with Gasteiger partial charge in [0.05, 0.1) is 22.8 Å². The van der Waals surface area contributed by atoms with Gasteiger partial charge in [-0.3, -0.25) is 0 Å². The quantitative estimate of drug-likeness (QED) is 0.0914.